The van der Waals surface area contributed by atoms with Crippen LogP contribution >= 0.6 is 11.3 Å². The van der Waals surface area contributed by atoms with Gasteiger partial charge < -0.3 is 0 Å². The lowest BCUT2D eigenvalue weighted by Gasteiger charge is -2.01. The molecule has 88 valence electrons. The van der Waals surface area contributed by atoms with E-state index in [0.29, 0.717) is 4.88 Å². The number of rotatable bonds is 2. The molecule has 0 saturated carbocycles. The number of hydrogen-bond acceptors (Lipinski definition) is 2. The van der Waals surface area contributed by atoms with Gasteiger partial charge in [0, 0.05) is 10.9 Å². The highest BCUT2D eigenvalue weighted by Crippen LogP contribution is 2.25. The highest BCUT2D eigenvalue weighted by molar-refractivity contribution is 7.14. The zero-order chi connectivity index (χ0) is 12.6. The van der Waals surface area contributed by atoms with Crippen molar-refractivity contribution in [3.63, 3.8) is 0 Å². The fourth-order valence-electron chi connectivity index (χ4n) is 1.66. The van der Waals surface area contributed by atoms with Gasteiger partial charge in [0.1, 0.15) is 11.6 Å². The van der Waals surface area contributed by atoms with Crippen molar-refractivity contribution < 1.29 is 13.6 Å². The molecular weight excluding hydrogens is 242 g/mol. The normalized spacial score (nSPS) is 10.6. The molecule has 17 heavy (non-hydrogen) atoms. The van der Waals surface area contributed by atoms with Crippen LogP contribution in [0.1, 0.15) is 25.7 Å². The van der Waals surface area contributed by atoms with Crippen LogP contribution in [0.15, 0.2) is 24.3 Å². The Morgan fingerprint density at radius 1 is 1.18 bits per heavy atom. The van der Waals surface area contributed by atoms with Crippen LogP contribution in [0.3, 0.4) is 0 Å². The summed E-state index contributed by atoms with van der Waals surface area (Å²) in [5.41, 5.74) is 0.734. The van der Waals surface area contributed by atoms with Crippen LogP contribution < -0.4 is 0 Å². The summed E-state index contributed by atoms with van der Waals surface area (Å²) >= 11 is 1.32. The lowest BCUT2D eigenvalue weighted by Crippen LogP contribution is -2.03. The first kappa shape index (κ1) is 11.9. The third kappa shape index (κ3) is 2.26. The first-order valence-electron chi connectivity index (χ1n) is 5.06. The second-order valence-electron chi connectivity index (χ2n) is 3.82. The number of aryl methyl sites for hydroxylation is 2. The van der Waals surface area contributed by atoms with E-state index in [-0.39, 0.29) is 5.56 Å². The molecule has 0 aliphatic heterocycles. The third-order valence-corrected chi connectivity index (χ3v) is 3.57. The monoisotopic (exact) mass is 252 g/mol. The fraction of sp³-hybridized carbons (Fsp3) is 0.154. The lowest BCUT2D eigenvalue weighted by atomic mass is 10.1. The minimum atomic E-state index is -0.819. The molecule has 0 unspecified atom stereocenters. The first-order chi connectivity index (χ1) is 7.99. The molecule has 1 aromatic carbocycles. The Kier molecular flexibility index (Phi) is 3.07. The molecule has 0 spiro atoms. The van der Waals surface area contributed by atoms with Gasteiger partial charge in [0.15, 0.2) is 0 Å². The van der Waals surface area contributed by atoms with Crippen LogP contribution in [0.4, 0.5) is 8.78 Å². The van der Waals surface area contributed by atoms with Gasteiger partial charge in [0.25, 0.3) is 0 Å². The predicted molar refractivity (Wildman–Crippen MR) is 63.6 cm³/mol. The Balaban J connectivity index is 2.47. The van der Waals surface area contributed by atoms with Crippen LogP contribution in [0.5, 0.6) is 0 Å². The predicted octanol–water partition coefficient (Wildman–Crippen LogP) is 3.87. The van der Waals surface area contributed by atoms with Gasteiger partial charge in [-0.3, -0.25) is 4.79 Å². The Labute approximate surface area is 102 Å². The number of carbonyl (C=O) groups is 1. The van der Waals surface area contributed by atoms with Gasteiger partial charge in [-0.2, -0.15) is 0 Å². The second kappa shape index (κ2) is 4.37. The summed E-state index contributed by atoms with van der Waals surface area (Å²) in [4.78, 5) is 13.6. The van der Waals surface area contributed by atoms with Crippen molar-refractivity contribution in [2.24, 2.45) is 0 Å². The number of benzene rings is 1. The minimum absolute atomic E-state index is 0.0867. The van der Waals surface area contributed by atoms with Crippen molar-refractivity contribution in [3.8, 4) is 0 Å². The molecule has 2 rings (SSSR count). The van der Waals surface area contributed by atoms with E-state index in [2.05, 4.69) is 0 Å². The summed E-state index contributed by atoms with van der Waals surface area (Å²) in [5, 5.41) is 0. The van der Waals surface area contributed by atoms with Crippen molar-refractivity contribution in [1.82, 2.24) is 0 Å². The number of carbonyl (C=O) groups excluding carboxylic acids is 1. The zero-order valence-corrected chi connectivity index (χ0v) is 10.2. The molecule has 1 nitrogen and oxygen atoms in total. The Bertz CT molecular complexity index is 587. The molecule has 0 bridgehead atoms. The number of halogens is 2. The fourth-order valence-corrected chi connectivity index (χ4v) is 2.64. The topological polar surface area (TPSA) is 17.1 Å². The molecule has 0 radical (unpaired) electrons. The van der Waals surface area contributed by atoms with Gasteiger partial charge in [-0.25, -0.2) is 8.78 Å². The molecule has 2 aromatic rings. The van der Waals surface area contributed by atoms with E-state index in [1.54, 1.807) is 6.92 Å². The highest BCUT2D eigenvalue weighted by Gasteiger charge is 2.18. The van der Waals surface area contributed by atoms with Crippen molar-refractivity contribution in [1.29, 1.82) is 0 Å². The standard InChI is InChI=1S/C13H10F2OS/c1-7-5-8(2)17-13(7)12(16)10-4-3-9(14)6-11(10)15/h3-6H,1-2H3. The van der Waals surface area contributed by atoms with Crippen LogP contribution in [0, 0.1) is 25.5 Å². The molecule has 0 atom stereocenters. The SMILES string of the molecule is Cc1cc(C)c(C(=O)c2ccc(F)cc2F)s1. The van der Waals surface area contributed by atoms with E-state index >= 15 is 0 Å². The van der Waals surface area contributed by atoms with Crippen molar-refractivity contribution in [2.45, 2.75) is 13.8 Å². The Morgan fingerprint density at radius 3 is 2.41 bits per heavy atom. The van der Waals surface area contributed by atoms with Crippen molar-refractivity contribution >= 4 is 17.1 Å². The summed E-state index contributed by atoms with van der Waals surface area (Å²) in [6.07, 6.45) is 0. The molecule has 0 aliphatic carbocycles. The third-order valence-electron chi connectivity index (χ3n) is 2.42. The van der Waals surface area contributed by atoms with E-state index in [9.17, 15) is 13.6 Å². The molecule has 0 aliphatic rings. The van der Waals surface area contributed by atoms with Gasteiger partial charge in [-0.1, -0.05) is 0 Å². The van der Waals surface area contributed by atoms with Crippen molar-refractivity contribution in [3.05, 3.63) is 56.8 Å². The number of ketones is 1. The molecule has 1 aromatic heterocycles. The summed E-state index contributed by atoms with van der Waals surface area (Å²) in [5.74, 6) is -1.89. The maximum absolute atomic E-state index is 13.5. The molecule has 0 N–H and O–H groups in total. The maximum atomic E-state index is 13.5. The maximum Gasteiger partial charge on any atom is 0.206 e. The molecule has 0 saturated heterocycles. The van der Waals surface area contributed by atoms with Gasteiger partial charge in [0.05, 0.1) is 10.4 Å². The number of hydrogen-bond donors (Lipinski definition) is 0. The van der Waals surface area contributed by atoms with Crippen LogP contribution in [-0.4, -0.2) is 5.78 Å². The molecule has 4 heteroatoms. The summed E-state index contributed by atoms with van der Waals surface area (Å²) in [7, 11) is 0. The van der Waals surface area contributed by atoms with Gasteiger partial charge >= 0.3 is 0 Å². The molecular formula is C13H10F2OS. The Morgan fingerprint density at radius 2 is 1.88 bits per heavy atom. The van der Waals surface area contributed by atoms with E-state index in [0.717, 1.165) is 22.6 Å². The Hall–Kier alpha value is -1.55. The van der Waals surface area contributed by atoms with Crippen LogP contribution in [0.25, 0.3) is 0 Å². The highest BCUT2D eigenvalue weighted by atomic mass is 32.1. The lowest BCUT2D eigenvalue weighted by molar-refractivity contribution is 0.103. The van der Waals surface area contributed by atoms with E-state index < -0.39 is 17.4 Å². The summed E-state index contributed by atoms with van der Waals surface area (Å²) in [6.45, 7) is 3.69. The minimum Gasteiger partial charge on any atom is -0.288 e. The van der Waals surface area contributed by atoms with Gasteiger partial charge in [0.2, 0.25) is 5.78 Å². The summed E-state index contributed by atoms with van der Waals surface area (Å²) in [6, 6.07) is 4.87. The van der Waals surface area contributed by atoms with Gasteiger partial charge in [-0.05, 0) is 37.6 Å². The molecule has 0 fully saturated rings. The average Bonchev–Trinajstić information content (AvgIpc) is 2.57. The smallest absolute Gasteiger partial charge is 0.206 e. The van der Waals surface area contributed by atoms with Gasteiger partial charge in [-0.15, -0.1) is 11.3 Å². The van der Waals surface area contributed by atoms with Crippen molar-refractivity contribution in [2.75, 3.05) is 0 Å². The number of thiophene rings is 1. The van der Waals surface area contributed by atoms with E-state index in [4.69, 9.17) is 0 Å². The van der Waals surface area contributed by atoms with Crippen LogP contribution in [0.2, 0.25) is 0 Å². The molecule has 0 amide bonds. The second-order valence-corrected chi connectivity index (χ2v) is 5.08. The largest absolute Gasteiger partial charge is 0.288 e. The summed E-state index contributed by atoms with van der Waals surface area (Å²) < 4.78 is 26.2. The molecule has 1 heterocycles. The van der Waals surface area contributed by atoms with Crippen LogP contribution in [-0.2, 0) is 0 Å². The van der Waals surface area contributed by atoms with E-state index in [1.807, 2.05) is 13.0 Å². The first-order valence-corrected chi connectivity index (χ1v) is 5.87. The average molecular weight is 252 g/mol. The zero-order valence-electron chi connectivity index (χ0n) is 9.38. The van der Waals surface area contributed by atoms with E-state index in [1.165, 1.54) is 17.4 Å². The quantitative estimate of drug-likeness (QED) is 0.741.